The number of benzene rings is 2. The van der Waals surface area contributed by atoms with Gasteiger partial charge in [0, 0.05) is 25.4 Å². The van der Waals surface area contributed by atoms with E-state index in [0.29, 0.717) is 24.8 Å². The Morgan fingerprint density at radius 3 is 2.44 bits per heavy atom. The highest BCUT2D eigenvalue weighted by Crippen LogP contribution is 2.24. The van der Waals surface area contributed by atoms with Crippen molar-refractivity contribution in [2.45, 2.75) is 59.8 Å². The second kappa shape index (κ2) is 13.1. The summed E-state index contributed by atoms with van der Waals surface area (Å²) in [6, 6.07) is 14.8. The SMILES string of the molecule is CCCC[C@H](CC)COCCCNC(=O)c1cncn1-c1ccc(-c2cc(C)cc(C)c2)cc1. The lowest BCUT2D eigenvalue weighted by molar-refractivity contribution is 0.0872. The number of hydrogen-bond donors (Lipinski definition) is 1. The molecule has 5 nitrogen and oxygen atoms in total. The van der Waals surface area contributed by atoms with Gasteiger partial charge in [0.1, 0.15) is 5.69 Å². The molecule has 0 bridgehead atoms. The molecule has 1 atom stereocenters. The molecule has 3 rings (SSSR count). The van der Waals surface area contributed by atoms with Gasteiger partial charge in [-0.25, -0.2) is 4.98 Å². The molecule has 2 aromatic carbocycles. The van der Waals surface area contributed by atoms with Gasteiger partial charge in [-0.05, 0) is 55.9 Å². The summed E-state index contributed by atoms with van der Waals surface area (Å²) < 4.78 is 7.67. The molecule has 0 fully saturated rings. The number of amides is 1. The van der Waals surface area contributed by atoms with Gasteiger partial charge >= 0.3 is 0 Å². The molecule has 5 heteroatoms. The minimum absolute atomic E-state index is 0.120. The fourth-order valence-corrected chi connectivity index (χ4v) is 4.24. The molecule has 34 heavy (non-hydrogen) atoms. The Morgan fingerprint density at radius 2 is 1.76 bits per heavy atom. The van der Waals surface area contributed by atoms with Gasteiger partial charge in [0.2, 0.25) is 0 Å². The van der Waals surface area contributed by atoms with Crippen LogP contribution in [-0.2, 0) is 4.74 Å². The summed E-state index contributed by atoms with van der Waals surface area (Å²) >= 11 is 0. The van der Waals surface area contributed by atoms with E-state index in [0.717, 1.165) is 30.7 Å². The fourth-order valence-electron chi connectivity index (χ4n) is 4.24. The van der Waals surface area contributed by atoms with E-state index in [2.05, 4.69) is 68.3 Å². The van der Waals surface area contributed by atoms with Crippen LogP contribution in [0.15, 0.2) is 55.0 Å². The molecule has 1 aromatic heterocycles. The van der Waals surface area contributed by atoms with Crippen molar-refractivity contribution in [1.29, 1.82) is 0 Å². The minimum atomic E-state index is -0.120. The number of rotatable bonds is 13. The highest BCUT2D eigenvalue weighted by molar-refractivity contribution is 5.93. The Hall–Kier alpha value is -2.92. The Morgan fingerprint density at radius 1 is 1.03 bits per heavy atom. The molecular formula is C29H39N3O2. The van der Waals surface area contributed by atoms with Crippen LogP contribution in [0.1, 0.15) is 67.6 Å². The molecule has 0 saturated carbocycles. The smallest absolute Gasteiger partial charge is 0.269 e. The van der Waals surface area contributed by atoms with E-state index < -0.39 is 0 Å². The van der Waals surface area contributed by atoms with E-state index >= 15 is 0 Å². The van der Waals surface area contributed by atoms with Crippen molar-refractivity contribution in [3.63, 3.8) is 0 Å². The van der Waals surface area contributed by atoms with Gasteiger partial charge in [-0.1, -0.05) is 74.6 Å². The first-order valence-corrected chi connectivity index (χ1v) is 12.6. The standard InChI is InChI=1S/C29H39N3O2/c1-5-7-9-24(6-2)20-34-15-8-14-31-29(33)28-19-30-21-32(28)27-12-10-25(11-13-27)26-17-22(3)16-23(4)18-26/h10-13,16-19,21,24H,5-9,14-15,20H2,1-4H3,(H,31,33)/t24-/m0/s1. The van der Waals surface area contributed by atoms with Crippen LogP contribution in [-0.4, -0.2) is 35.2 Å². The topological polar surface area (TPSA) is 56.1 Å². The second-order valence-electron chi connectivity index (χ2n) is 9.17. The summed E-state index contributed by atoms with van der Waals surface area (Å²) in [6.07, 6.45) is 8.99. The number of unbranched alkanes of at least 4 members (excludes halogenated alkanes) is 1. The summed E-state index contributed by atoms with van der Waals surface area (Å²) in [5.74, 6) is 0.524. The molecule has 0 saturated heterocycles. The van der Waals surface area contributed by atoms with Crippen molar-refractivity contribution < 1.29 is 9.53 Å². The average molecular weight is 462 g/mol. The zero-order valence-electron chi connectivity index (χ0n) is 21.1. The van der Waals surface area contributed by atoms with Crippen molar-refractivity contribution in [2.75, 3.05) is 19.8 Å². The van der Waals surface area contributed by atoms with Gasteiger partial charge in [-0.15, -0.1) is 0 Å². The Balaban J connectivity index is 1.51. The summed E-state index contributed by atoms with van der Waals surface area (Å²) in [7, 11) is 0. The summed E-state index contributed by atoms with van der Waals surface area (Å²) in [5, 5.41) is 3.00. The predicted octanol–water partition coefficient (Wildman–Crippen LogP) is 6.51. The van der Waals surface area contributed by atoms with E-state index in [1.54, 1.807) is 12.5 Å². The zero-order chi connectivity index (χ0) is 24.3. The second-order valence-corrected chi connectivity index (χ2v) is 9.17. The molecule has 0 aliphatic carbocycles. The highest BCUT2D eigenvalue weighted by Gasteiger charge is 2.13. The Bertz CT molecular complexity index is 1020. The number of ether oxygens (including phenoxy) is 1. The van der Waals surface area contributed by atoms with Crippen LogP contribution < -0.4 is 5.32 Å². The number of nitrogens with one attached hydrogen (secondary N) is 1. The van der Waals surface area contributed by atoms with Gasteiger partial charge in [-0.3, -0.25) is 9.36 Å². The predicted molar refractivity (Wildman–Crippen MR) is 140 cm³/mol. The molecule has 0 spiro atoms. The highest BCUT2D eigenvalue weighted by atomic mass is 16.5. The van der Waals surface area contributed by atoms with Crippen molar-refractivity contribution in [3.05, 3.63) is 71.8 Å². The third kappa shape index (κ3) is 7.29. The van der Waals surface area contributed by atoms with Gasteiger partial charge in [0.05, 0.1) is 12.5 Å². The van der Waals surface area contributed by atoms with Crippen LogP contribution in [0.25, 0.3) is 16.8 Å². The fraction of sp³-hybridized carbons (Fsp3) is 0.448. The molecule has 0 radical (unpaired) electrons. The minimum Gasteiger partial charge on any atom is -0.381 e. The monoisotopic (exact) mass is 461 g/mol. The molecule has 0 unspecified atom stereocenters. The molecule has 1 N–H and O–H groups in total. The van der Waals surface area contributed by atoms with Gasteiger partial charge in [0.15, 0.2) is 0 Å². The van der Waals surface area contributed by atoms with Crippen LogP contribution in [0, 0.1) is 19.8 Å². The molecule has 0 aliphatic heterocycles. The largest absolute Gasteiger partial charge is 0.381 e. The van der Waals surface area contributed by atoms with Crippen LogP contribution in [0.3, 0.4) is 0 Å². The molecule has 3 aromatic rings. The molecule has 1 amide bonds. The van der Waals surface area contributed by atoms with E-state index in [1.165, 1.54) is 36.0 Å². The van der Waals surface area contributed by atoms with Crippen LogP contribution >= 0.6 is 0 Å². The van der Waals surface area contributed by atoms with Crippen LogP contribution in [0.2, 0.25) is 0 Å². The molecular weight excluding hydrogens is 422 g/mol. The molecule has 182 valence electrons. The quantitative estimate of drug-likeness (QED) is 0.295. The maximum Gasteiger partial charge on any atom is 0.269 e. The van der Waals surface area contributed by atoms with E-state index in [1.807, 2.05) is 16.7 Å². The summed E-state index contributed by atoms with van der Waals surface area (Å²) in [6.45, 7) is 10.7. The Labute approximate surface area is 204 Å². The lowest BCUT2D eigenvalue weighted by Gasteiger charge is -2.14. The number of imidazole rings is 1. The van der Waals surface area contributed by atoms with Crippen molar-refractivity contribution >= 4 is 5.91 Å². The molecule has 0 aliphatic rings. The maximum atomic E-state index is 12.8. The van der Waals surface area contributed by atoms with Crippen LogP contribution in [0.5, 0.6) is 0 Å². The number of carbonyl (C=O) groups excluding carboxylic acids is 1. The van der Waals surface area contributed by atoms with E-state index in [9.17, 15) is 4.79 Å². The van der Waals surface area contributed by atoms with E-state index in [4.69, 9.17) is 4.74 Å². The van der Waals surface area contributed by atoms with Crippen molar-refractivity contribution in [2.24, 2.45) is 5.92 Å². The van der Waals surface area contributed by atoms with Gasteiger partial charge < -0.3 is 10.1 Å². The van der Waals surface area contributed by atoms with Crippen molar-refractivity contribution in [1.82, 2.24) is 14.9 Å². The van der Waals surface area contributed by atoms with E-state index in [-0.39, 0.29) is 5.91 Å². The lowest BCUT2D eigenvalue weighted by atomic mass is 10.0. The summed E-state index contributed by atoms with van der Waals surface area (Å²) in [5.41, 5.74) is 6.30. The maximum absolute atomic E-state index is 12.8. The Kier molecular flexibility index (Phi) is 9.89. The van der Waals surface area contributed by atoms with Crippen molar-refractivity contribution in [3.8, 4) is 16.8 Å². The first-order valence-electron chi connectivity index (χ1n) is 12.6. The first kappa shape index (κ1) is 25.7. The lowest BCUT2D eigenvalue weighted by Crippen LogP contribution is -2.27. The van der Waals surface area contributed by atoms with Gasteiger partial charge in [-0.2, -0.15) is 0 Å². The van der Waals surface area contributed by atoms with Crippen LogP contribution in [0.4, 0.5) is 0 Å². The zero-order valence-corrected chi connectivity index (χ0v) is 21.1. The summed E-state index contributed by atoms with van der Waals surface area (Å²) in [4.78, 5) is 17.0. The normalized spacial score (nSPS) is 12.0. The number of nitrogens with zero attached hydrogens (tertiary/aromatic N) is 2. The molecule has 1 heterocycles. The average Bonchev–Trinajstić information content (AvgIpc) is 3.32. The van der Waals surface area contributed by atoms with Gasteiger partial charge in [0.25, 0.3) is 5.91 Å². The number of aryl methyl sites for hydroxylation is 2. The number of aromatic nitrogens is 2. The first-order chi connectivity index (χ1) is 16.5. The number of carbonyl (C=O) groups is 1. The number of hydrogen-bond acceptors (Lipinski definition) is 3. The third-order valence-corrected chi connectivity index (χ3v) is 6.22. The third-order valence-electron chi connectivity index (χ3n) is 6.22.